The summed E-state index contributed by atoms with van der Waals surface area (Å²) in [6, 6.07) is 13.2. The van der Waals surface area contributed by atoms with Crippen LogP contribution in [0.2, 0.25) is 0 Å². The SMILES string of the molecule is CCCCCc1ccc(S(=O)(=O)Nc2cc(-c3csc(NC)n3)ccc2N2CCN(C)CC2)cc1. The number of nitrogens with one attached hydrogen (secondary N) is 2. The summed E-state index contributed by atoms with van der Waals surface area (Å²) in [5.74, 6) is 0. The molecule has 0 radical (unpaired) electrons. The molecule has 7 nitrogen and oxygen atoms in total. The van der Waals surface area contributed by atoms with Crippen molar-refractivity contribution < 1.29 is 8.42 Å². The minimum Gasteiger partial charge on any atom is -0.367 e. The number of aromatic nitrogens is 1. The van der Waals surface area contributed by atoms with Crippen LogP contribution in [0.1, 0.15) is 31.7 Å². The van der Waals surface area contributed by atoms with Crippen LogP contribution in [0.3, 0.4) is 0 Å². The third-order valence-electron chi connectivity index (χ3n) is 6.40. The largest absolute Gasteiger partial charge is 0.367 e. The van der Waals surface area contributed by atoms with Gasteiger partial charge in [-0.15, -0.1) is 11.3 Å². The van der Waals surface area contributed by atoms with Gasteiger partial charge >= 0.3 is 0 Å². The lowest BCUT2D eigenvalue weighted by atomic mass is 10.1. The number of aryl methyl sites for hydroxylation is 1. The van der Waals surface area contributed by atoms with E-state index < -0.39 is 10.0 Å². The smallest absolute Gasteiger partial charge is 0.261 e. The minimum absolute atomic E-state index is 0.276. The number of sulfonamides is 1. The summed E-state index contributed by atoms with van der Waals surface area (Å²) in [6.45, 7) is 5.74. The zero-order valence-electron chi connectivity index (χ0n) is 20.8. The molecule has 9 heteroatoms. The number of thiazole rings is 1. The van der Waals surface area contributed by atoms with Crippen LogP contribution in [0, 0.1) is 0 Å². The van der Waals surface area contributed by atoms with E-state index >= 15 is 0 Å². The average molecular weight is 514 g/mol. The van der Waals surface area contributed by atoms with Crippen LogP contribution in [-0.2, 0) is 16.4 Å². The average Bonchev–Trinajstić information content (AvgIpc) is 3.34. The van der Waals surface area contributed by atoms with Gasteiger partial charge in [0.1, 0.15) is 0 Å². The van der Waals surface area contributed by atoms with Gasteiger partial charge in [0.2, 0.25) is 0 Å². The highest BCUT2D eigenvalue weighted by Crippen LogP contribution is 2.34. The zero-order valence-corrected chi connectivity index (χ0v) is 22.4. The summed E-state index contributed by atoms with van der Waals surface area (Å²) in [5.41, 5.74) is 4.34. The highest BCUT2D eigenvalue weighted by atomic mass is 32.2. The second-order valence-electron chi connectivity index (χ2n) is 9.02. The monoisotopic (exact) mass is 513 g/mol. The highest BCUT2D eigenvalue weighted by Gasteiger charge is 2.22. The summed E-state index contributed by atoms with van der Waals surface area (Å²) in [5, 5.41) is 5.86. The molecule has 1 fully saturated rings. The lowest BCUT2D eigenvalue weighted by Gasteiger charge is -2.35. The summed E-state index contributed by atoms with van der Waals surface area (Å²) in [7, 11) is 0.207. The van der Waals surface area contributed by atoms with Crippen molar-refractivity contribution in [3.05, 3.63) is 53.4 Å². The fraction of sp³-hybridized carbons (Fsp3) is 0.423. The van der Waals surface area contributed by atoms with Gasteiger partial charge in [-0.25, -0.2) is 13.4 Å². The predicted octanol–water partition coefficient (Wildman–Crippen LogP) is 5.14. The highest BCUT2D eigenvalue weighted by molar-refractivity contribution is 7.92. The van der Waals surface area contributed by atoms with Gasteiger partial charge in [-0.2, -0.15) is 0 Å². The molecule has 0 atom stereocenters. The van der Waals surface area contributed by atoms with E-state index in [0.717, 1.165) is 61.1 Å². The molecular weight excluding hydrogens is 478 g/mol. The fourth-order valence-electron chi connectivity index (χ4n) is 4.24. The molecule has 0 aliphatic carbocycles. The number of benzene rings is 2. The van der Waals surface area contributed by atoms with Gasteiger partial charge in [0.05, 0.1) is 22.0 Å². The molecule has 4 rings (SSSR count). The van der Waals surface area contributed by atoms with Crippen LogP contribution in [0.4, 0.5) is 16.5 Å². The standard InChI is InChI=1S/C26H35N5O2S2/c1-4-5-6-7-20-8-11-22(12-9-20)35(32,33)29-23-18-21(24-19-34-26(27-2)28-24)10-13-25(23)31-16-14-30(3)15-17-31/h8-13,18-19,29H,4-7,14-17H2,1-3H3,(H,27,28). The van der Waals surface area contributed by atoms with E-state index in [4.69, 9.17) is 0 Å². The topological polar surface area (TPSA) is 77.6 Å². The van der Waals surface area contributed by atoms with Crippen LogP contribution in [-0.4, -0.2) is 58.6 Å². The van der Waals surface area contributed by atoms with E-state index in [2.05, 4.69) is 38.8 Å². The van der Waals surface area contributed by atoms with Crippen molar-refractivity contribution in [2.75, 3.05) is 55.2 Å². The molecule has 1 aliphatic rings. The van der Waals surface area contributed by atoms with E-state index in [-0.39, 0.29) is 4.90 Å². The van der Waals surface area contributed by atoms with Crippen LogP contribution in [0.5, 0.6) is 0 Å². The molecule has 2 N–H and O–H groups in total. The van der Waals surface area contributed by atoms with Crippen LogP contribution in [0.25, 0.3) is 11.3 Å². The van der Waals surface area contributed by atoms with E-state index in [1.807, 2.05) is 42.8 Å². The summed E-state index contributed by atoms with van der Waals surface area (Å²) < 4.78 is 29.7. The Morgan fingerprint density at radius 1 is 1.03 bits per heavy atom. The lowest BCUT2D eigenvalue weighted by Crippen LogP contribution is -2.44. The number of hydrogen-bond donors (Lipinski definition) is 2. The molecule has 0 amide bonds. The second-order valence-corrected chi connectivity index (χ2v) is 11.6. The normalized spacial score (nSPS) is 14.8. The first-order chi connectivity index (χ1) is 16.9. The molecule has 2 heterocycles. The number of piperazine rings is 1. The van der Waals surface area contributed by atoms with Crippen molar-refractivity contribution >= 4 is 37.9 Å². The Morgan fingerprint density at radius 2 is 1.77 bits per heavy atom. The number of hydrogen-bond acceptors (Lipinski definition) is 7. The first-order valence-electron chi connectivity index (χ1n) is 12.2. The van der Waals surface area contributed by atoms with Crippen molar-refractivity contribution in [2.24, 2.45) is 0 Å². The van der Waals surface area contributed by atoms with Crippen molar-refractivity contribution in [3.8, 4) is 11.3 Å². The molecular formula is C26H35N5O2S2. The molecule has 35 heavy (non-hydrogen) atoms. The fourth-order valence-corrected chi connectivity index (χ4v) is 5.99. The maximum Gasteiger partial charge on any atom is 0.261 e. The Hall–Kier alpha value is -2.62. The first kappa shape index (κ1) is 25.5. The van der Waals surface area contributed by atoms with E-state index in [9.17, 15) is 8.42 Å². The Balaban J connectivity index is 1.63. The molecule has 0 bridgehead atoms. The molecule has 0 spiro atoms. The Kier molecular flexibility index (Phi) is 8.30. The Labute approximate surface area is 213 Å². The minimum atomic E-state index is -3.74. The van der Waals surface area contributed by atoms with Gasteiger partial charge in [-0.05, 0) is 49.7 Å². The van der Waals surface area contributed by atoms with Gasteiger partial charge in [0.25, 0.3) is 10.0 Å². The first-order valence-corrected chi connectivity index (χ1v) is 14.6. The van der Waals surface area contributed by atoms with Gasteiger partial charge in [-0.3, -0.25) is 4.72 Å². The van der Waals surface area contributed by atoms with Crippen LogP contribution >= 0.6 is 11.3 Å². The number of nitrogens with zero attached hydrogens (tertiary/aromatic N) is 3. The molecule has 0 saturated carbocycles. The van der Waals surface area contributed by atoms with Gasteiger partial charge in [0.15, 0.2) is 5.13 Å². The Bertz CT molecular complexity index is 1220. The number of likely N-dealkylation sites (N-methyl/N-ethyl adjacent to an activating group) is 1. The zero-order chi connectivity index (χ0) is 24.8. The van der Waals surface area contributed by atoms with Crippen LogP contribution in [0.15, 0.2) is 52.7 Å². The summed E-state index contributed by atoms with van der Waals surface area (Å²) in [6.07, 6.45) is 4.44. The number of rotatable bonds is 10. The lowest BCUT2D eigenvalue weighted by molar-refractivity contribution is 0.313. The van der Waals surface area contributed by atoms with E-state index in [1.54, 1.807) is 12.1 Å². The van der Waals surface area contributed by atoms with Gasteiger partial charge < -0.3 is 15.1 Å². The maximum atomic E-state index is 13.4. The van der Waals surface area contributed by atoms with Crippen molar-refractivity contribution in [3.63, 3.8) is 0 Å². The number of anilines is 3. The third-order valence-corrected chi connectivity index (χ3v) is 8.64. The van der Waals surface area contributed by atoms with Crippen molar-refractivity contribution in [2.45, 2.75) is 37.5 Å². The molecule has 3 aromatic rings. The van der Waals surface area contributed by atoms with Crippen molar-refractivity contribution in [1.82, 2.24) is 9.88 Å². The maximum absolute atomic E-state index is 13.4. The predicted molar refractivity (Wildman–Crippen MR) is 147 cm³/mol. The van der Waals surface area contributed by atoms with Gasteiger partial charge in [0, 0.05) is 44.2 Å². The number of unbranched alkanes of at least 4 members (excludes halogenated alkanes) is 2. The second kappa shape index (κ2) is 11.4. The quantitative estimate of drug-likeness (QED) is 0.366. The van der Waals surface area contributed by atoms with Crippen molar-refractivity contribution in [1.29, 1.82) is 0 Å². The van der Waals surface area contributed by atoms with E-state index in [0.29, 0.717) is 5.69 Å². The van der Waals surface area contributed by atoms with Crippen LogP contribution < -0.4 is 14.9 Å². The summed E-state index contributed by atoms with van der Waals surface area (Å²) in [4.78, 5) is 9.40. The Morgan fingerprint density at radius 3 is 2.43 bits per heavy atom. The third kappa shape index (κ3) is 6.34. The molecule has 1 aromatic heterocycles. The van der Waals surface area contributed by atoms with E-state index in [1.165, 1.54) is 29.7 Å². The molecule has 1 saturated heterocycles. The molecule has 1 aliphatic heterocycles. The summed E-state index contributed by atoms with van der Waals surface area (Å²) >= 11 is 1.52. The molecule has 0 unspecified atom stereocenters. The molecule has 2 aromatic carbocycles. The molecule has 188 valence electrons. The van der Waals surface area contributed by atoms with Gasteiger partial charge in [-0.1, -0.05) is 38.0 Å².